The fourth-order valence-electron chi connectivity index (χ4n) is 5.00. The van der Waals surface area contributed by atoms with Gasteiger partial charge in [0.1, 0.15) is 5.65 Å². The number of likely N-dealkylation sites (N-methyl/N-ethyl adjacent to an activating group) is 1. The third-order valence-corrected chi connectivity index (χ3v) is 6.62. The maximum Gasteiger partial charge on any atom is 0.227 e. The number of rotatable bonds is 4. The molecule has 7 nitrogen and oxygen atoms in total. The summed E-state index contributed by atoms with van der Waals surface area (Å²) in [5, 5.41) is 3.38. The standard InChI is InChI=1S/C24H25N7/c1-16-11-18(4-5-22(16)31-15-19-12-20(31)14-29(19)2)27-24-26-8-7-21(28-24)17-3-6-23-25-9-10-30(23)13-17/h3-11,13,19-20H,12,14-15H2,1-2H3,(H,26,27,28). The first kappa shape index (κ1) is 18.3. The Balaban J connectivity index is 1.23. The number of likely N-dealkylation sites (tertiary alicyclic amines) is 1. The fourth-order valence-corrected chi connectivity index (χ4v) is 5.00. The van der Waals surface area contributed by atoms with Crippen LogP contribution in [-0.4, -0.2) is 56.5 Å². The molecule has 2 bridgehead atoms. The lowest BCUT2D eigenvalue weighted by molar-refractivity contribution is 0.292. The lowest BCUT2D eigenvalue weighted by atomic mass is 10.1. The number of piperazine rings is 1. The van der Waals surface area contributed by atoms with Crippen molar-refractivity contribution in [3.8, 4) is 11.3 Å². The maximum absolute atomic E-state index is 4.73. The number of hydrogen-bond acceptors (Lipinski definition) is 6. The van der Waals surface area contributed by atoms with Crippen molar-refractivity contribution in [1.82, 2.24) is 24.3 Å². The van der Waals surface area contributed by atoms with Gasteiger partial charge in [0.15, 0.2) is 0 Å². The largest absolute Gasteiger partial charge is 0.365 e. The highest BCUT2D eigenvalue weighted by atomic mass is 15.3. The Morgan fingerprint density at radius 2 is 1.94 bits per heavy atom. The second-order valence-corrected chi connectivity index (χ2v) is 8.64. The topological polar surface area (TPSA) is 61.6 Å². The number of nitrogens with zero attached hydrogens (tertiary/aromatic N) is 6. The van der Waals surface area contributed by atoms with Gasteiger partial charge in [-0.25, -0.2) is 15.0 Å². The highest BCUT2D eigenvalue weighted by molar-refractivity contribution is 5.66. The van der Waals surface area contributed by atoms with E-state index in [0.29, 0.717) is 18.0 Å². The second kappa shape index (κ2) is 7.06. The SMILES string of the molecule is Cc1cc(Nc2nccc(-c3ccc4nccn4c3)n2)ccc1N1CC2CC1CN2C. The normalized spacial score (nSPS) is 20.6. The van der Waals surface area contributed by atoms with Gasteiger partial charge in [-0.15, -0.1) is 0 Å². The summed E-state index contributed by atoms with van der Waals surface area (Å²) in [6, 6.07) is 13.8. The molecule has 0 radical (unpaired) electrons. The minimum absolute atomic E-state index is 0.595. The minimum Gasteiger partial charge on any atom is -0.365 e. The molecule has 1 aromatic carbocycles. The average Bonchev–Trinajstić information content (AvgIpc) is 3.49. The number of aromatic nitrogens is 4. The Morgan fingerprint density at radius 1 is 1.00 bits per heavy atom. The molecule has 2 aliphatic rings. The van der Waals surface area contributed by atoms with Crippen molar-refractivity contribution in [1.29, 1.82) is 0 Å². The third kappa shape index (κ3) is 3.21. The molecular weight excluding hydrogens is 386 g/mol. The predicted molar refractivity (Wildman–Crippen MR) is 123 cm³/mol. The number of hydrogen-bond donors (Lipinski definition) is 1. The van der Waals surface area contributed by atoms with Crippen molar-refractivity contribution in [2.24, 2.45) is 0 Å². The Bertz CT molecular complexity index is 1260. The fraction of sp³-hybridized carbons (Fsp3) is 0.292. The molecule has 7 heteroatoms. The summed E-state index contributed by atoms with van der Waals surface area (Å²) >= 11 is 0. The van der Waals surface area contributed by atoms with Crippen molar-refractivity contribution in [3.63, 3.8) is 0 Å². The van der Waals surface area contributed by atoms with Crippen LogP contribution in [0.4, 0.5) is 17.3 Å². The summed E-state index contributed by atoms with van der Waals surface area (Å²) < 4.78 is 2.00. The molecule has 6 rings (SSSR count). The van der Waals surface area contributed by atoms with E-state index in [2.05, 4.69) is 57.3 Å². The van der Waals surface area contributed by atoms with Gasteiger partial charge in [0.2, 0.25) is 5.95 Å². The van der Waals surface area contributed by atoms with Gasteiger partial charge in [0.05, 0.1) is 5.69 Å². The van der Waals surface area contributed by atoms with Gasteiger partial charge in [-0.2, -0.15) is 0 Å². The van der Waals surface area contributed by atoms with Crippen LogP contribution in [0.2, 0.25) is 0 Å². The molecule has 2 aliphatic heterocycles. The van der Waals surface area contributed by atoms with Crippen molar-refractivity contribution in [2.45, 2.75) is 25.4 Å². The zero-order chi connectivity index (χ0) is 20.9. The Morgan fingerprint density at radius 3 is 2.74 bits per heavy atom. The van der Waals surface area contributed by atoms with Crippen molar-refractivity contribution in [2.75, 3.05) is 30.4 Å². The number of aryl methyl sites for hydroxylation is 1. The van der Waals surface area contributed by atoms with Gasteiger partial charge >= 0.3 is 0 Å². The predicted octanol–water partition coefficient (Wildman–Crippen LogP) is 3.74. The molecule has 5 heterocycles. The van der Waals surface area contributed by atoms with E-state index in [-0.39, 0.29) is 0 Å². The summed E-state index contributed by atoms with van der Waals surface area (Å²) in [5.41, 5.74) is 6.45. The zero-order valence-corrected chi connectivity index (χ0v) is 17.7. The molecule has 0 saturated carbocycles. The van der Waals surface area contributed by atoms with Crippen molar-refractivity contribution < 1.29 is 0 Å². The zero-order valence-electron chi connectivity index (χ0n) is 17.7. The Kier molecular flexibility index (Phi) is 4.17. The number of imidazole rings is 1. The van der Waals surface area contributed by atoms with Gasteiger partial charge in [0, 0.05) is 66.9 Å². The molecule has 3 aromatic heterocycles. The summed E-state index contributed by atoms with van der Waals surface area (Å²) in [4.78, 5) is 18.5. The average molecular weight is 412 g/mol. The first-order valence-corrected chi connectivity index (χ1v) is 10.7. The number of nitrogens with one attached hydrogen (secondary N) is 1. The molecule has 31 heavy (non-hydrogen) atoms. The molecule has 0 spiro atoms. The van der Waals surface area contributed by atoms with Gasteiger partial charge < -0.3 is 14.6 Å². The lowest BCUT2D eigenvalue weighted by Gasteiger charge is -2.34. The quantitative estimate of drug-likeness (QED) is 0.552. The smallest absolute Gasteiger partial charge is 0.227 e. The van der Waals surface area contributed by atoms with Gasteiger partial charge in [0.25, 0.3) is 0 Å². The molecule has 2 atom stereocenters. The highest BCUT2D eigenvalue weighted by Gasteiger charge is 2.41. The summed E-state index contributed by atoms with van der Waals surface area (Å²) in [6.07, 6.45) is 8.84. The van der Waals surface area contributed by atoms with Crippen LogP contribution in [0, 0.1) is 6.92 Å². The number of anilines is 3. The number of pyridine rings is 1. The number of benzene rings is 1. The Labute approximate surface area is 181 Å². The first-order chi connectivity index (χ1) is 15.1. The van der Waals surface area contributed by atoms with Crippen LogP contribution in [-0.2, 0) is 0 Å². The lowest BCUT2D eigenvalue weighted by Crippen LogP contribution is -2.44. The Hall–Kier alpha value is -3.45. The van der Waals surface area contributed by atoms with Crippen LogP contribution in [0.3, 0.4) is 0 Å². The maximum atomic E-state index is 4.73. The van der Waals surface area contributed by atoms with Gasteiger partial charge in [-0.05, 0) is 62.4 Å². The molecule has 2 fully saturated rings. The van der Waals surface area contributed by atoms with E-state index in [9.17, 15) is 0 Å². The van der Waals surface area contributed by atoms with Crippen LogP contribution < -0.4 is 10.2 Å². The van der Waals surface area contributed by atoms with E-state index in [0.717, 1.165) is 35.7 Å². The number of fused-ring (bicyclic) bond motifs is 3. The van der Waals surface area contributed by atoms with Crippen molar-refractivity contribution in [3.05, 3.63) is 66.7 Å². The van der Waals surface area contributed by atoms with Gasteiger partial charge in [-0.3, -0.25) is 4.90 Å². The highest BCUT2D eigenvalue weighted by Crippen LogP contribution is 2.36. The summed E-state index contributed by atoms with van der Waals surface area (Å²) in [6.45, 7) is 4.48. The minimum atomic E-state index is 0.595. The van der Waals surface area contributed by atoms with Crippen LogP contribution in [0.25, 0.3) is 16.9 Å². The molecule has 2 saturated heterocycles. The monoisotopic (exact) mass is 411 g/mol. The third-order valence-electron chi connectivity index (χ3n) is 6.62. The van der Waals surface area contributed by atoms with E-state index in [1.807, 2.05) is 35.0 Å². The second-order valence-electron chi connectivity index (χ2n) is 8.64. The summed E-state index contributed by atoms with van der Waals surface area (Å²) in [7, 11) is 2.24. The molecule has 1 N–H and O–H groups in total. The first-order valence-electron chi connectivity index (χ1n) is 10.7. The van der Waals surface area contributed by atoms with E-state index >= 15 is 0 Å². The molecular formula is C24H25N7. The van der Waals surface area contributed by atoms with Crippen LogP contribution in [0.15, 0.2) is 61.2 Å². The molecule has 2 unspecified atom stereocenters. The molecule has 0 amide bonds. The van der Waals surface area contributed by atoms with Crippen molar-refractivity contribution >= 4 is 23.0 Å². The molecule has 156 valence electrons. The van der Waals surface area contributed by atoms with Crippen LogP contribution in [0.1, 0.15) is 12.0 Å². The molecule has 4 aromatic rings. The van der Waals surface area contributed by atoms with E-state index in [4.69, 9.17) is 4.98 Å². The van der Waals surface area contributed by atoms with E-state index in [1.54, 1.807) is 12.4 Å². The van der Waals surface area contributed by atoms with E-state index in [1.165, 1.54) is 17.7 Å². The van der Waals surface area contributed by atoms with E-state index < -0.39 is 0 Å². The van der Waals surface area contributed by atoms with Gasteiger partial charge in [-0.1, -0.05) is 0 Å². The van der Waals surface area contributed by atoms with Crippen LogP contribution in [0.5, 0.6) is 0 Å². The summed E-state index contributed by atoms with van der Waals surface area (Å²) in [5.74, 6) is 0.595. The van der Waals surface area contributed by atoms with Crippen LogP contribution >= 0.6 is 0 Å². The molecule has 0 aliphatic carbocycles.